The van der Waals surface area contributed by atoms with Crippen LogP contribution in [-0.4, -0.2) is 0 Å². The van der Waals surface area contributed by atoms with Crippen LogP contribution < -0.4 is 4.74 Å². The summed E-state index contributed by atoms with van der Waals surface area (Å²) in [6, 6.07) is 16.2. The number of benzene rings is 2. The molecule has 0 N–H and O–H groups in total. The van der Waals surface area contributed by atoms with Gasteiger partial charge in [-0.2, -0.15) is 0 Å². The standard InChI is InChI=1S/C12H7Br2O/c13-9-6-7-12(11(14)8-9)15-10-4-2-1-3-5-10/h1-2,4-8H. The summed E-state index contributed by atoms with van der Waals surface area (Å²) in [7, 11) is 0. The summed E-state index contributed by atoms with van der Waals surface area (Å²) in [5, 5.41) is 0. The largest absolute Gasteiger partial charge is 0.456 e. The van der Waals surface area contributed by atoms with Crippen molar-refractivity contribution in [3.8, 4) is 11.5 Å². The summed E-state index contributed by atoms with van der Waals surface area (Å²) in [4.78, 5) is 0. The molecule has 0 atom stereocenters. The maximum Gasteiger partial charge on any atom is 0.141 e. The Balaban J connectivity index is 2.25. The first kappa shape index (κ1) is 10.7. The number of hydrogen-bond acceptors (Lipinski definition) is 1. The van der Waals surface area contributed by atoms with Gasteiger partial charge in [0.05, 0.1) is 4.47 Å². The fourth-order valence-corrected chi connectivity index (χ4v) is 2.25. The molecule has 75 valence electrons. The second-order valence-electron chi connectivity index (χ2n) is 2.92. The number of hydrogen-bond donors (Lipinski definition) is 0. The SMILES string of the molecule is Brc1ccc(Oc2c[c]ccc2)c(Br)c1. The van der Waals surface area contributed by atoms with Gasteiger partial charge in [0.1, 0.15) is 11.5 Å². The van der Waals surface area contributed by atoms with Gasteiger partial charge in [-0.25, -0.2) is 0 Å². The molecule has 0 aromatic heterocycles. The first-order valence-corrected chi connectivity index (χ1v) is 5.93. The molecule has 3 heteroatoms. The third-order valence-corrected chi connectivity index (χ3v) is 2.91. The summed E-state index contributed by atoms with van der Waals surface area (Å²) in [6.07, 6.45) is 0. The number of ether oxygens (including phenoxy) is 1. The summed E-state index contributed by atoms with van der Waals surface area (Å²) in [5.41, 5.74) is 0. The lowest BCUT2D eigenvalue weighted by atomic mass is 10.3. The predicted octanol–water partition coefficient (Wildman–Crippen LogP) is 4.80. The van der Waals surface area contributed by atoms with Crippen LogP contribution in [0.15, 0.2) is 51.4 Å². The molecule has 0 aliphatic heterocycles. The molecule has 2 aromatic rings. The molecule has 0 aliphatic carbocycles. The Morgan fingerprint density at radius 3 is 2.67 bits per heavy atom. The van der Waals surface area contributed by atoms with Gasteiger partial charge in [0.25, 0.3) is 0 Å². The summed E-state index contributed by atoms with van der Waals surface area (Å²) < 4.78 is 7.60. The third kappa shape index (κ3) is 2.83. The van der Waals surface area contributed by atoms with E-state index in [0.717, 1.165) is 20.4 Å². The molecule has 2 rings (SSSR count). The lowest BCUT2D eigenvalue weighted by Gasteiger charge is -2.07. The minimum Gasteiger partial charge on any atom is -0.456 e. The Hall–Kier alpha value is -0.800. The number of rotatable bonds is 2. The van der Waals surface area contributed by atoms with Gasteiger partial charge in [0, 0.05) is 4.47 Å². The van der Waals surface area contributed by atoms with Crippen LogP contribution in [0.1, 0.15) is 0 Å². The molecule has 15 heavy (non-hydrogen) atoms. The van der Waals surface area contributed by atoms with E-state index in [9.17, 15) is 0 Å². The van der Waals surface area contributed by atoms with Crippen LogP contribution in [0.3, 0.4) is 0 Å². The van der Waals surface area contributed by atoms with E-state index in [-0.39, 0.29) is 0 Å². The van der Waals surface area contributed by atoms with Gasteiger partial charge in [0.2, 0.25) is 0 Å². The van der Waals surface area contributed by atoms with E-state index >= 15 is 0 Å². The van der Waals surface area contributed by atoms with Crippen molar-refractivity contribution in [1.29, 1.82) is 0 Å². The normalized spacial score (nSPS) is 10.0. The van der Waals surface area contributed by atoms with Gasteiger partial charge in [-0.1, -0.05) is 28.1 Å². The highest BCUT2D eigenvalue weighted by atomic mass is 79.9. The van der Waals surface area contributed by atoms with Crippen molar-refractivity contribution in [2.24, 2.45) is 0 Å². The average Bonchev–Trinajstić information content (AvgIpc) is 2.24. The van der Waals surface area contributed by atoms with Crippen molar-refractivity contribution in [3.63, 3.8) is 0 Å². The summed E-state index contributed by atoms with van der Waals surface area (Å²) in [5.74, 6) is 1.57. The van der Waals surface area contributed by atoms with Crippen LogP contribution in [0.5, 0.6) is 11.5 Å². The molecule has 0 spiro atoms. The van der Waals surface area contributed by atoms with E-state index in [1.807, 2.05) is 36.4 Å². The zero-order chi connectivity index (χ0) is 10.7. The first-order chi connectivity index (χ1) is 7.25. The van der Waals surface area contributed by atoms with E-state index in [1.54, 1.807) is 6.07 Å². The van der Waals surface area contributed by atoms with Crippen LogP contribution in [0, 0.1) is 6.07 Å². The van der Waals surface area contributed by atoms with Gasteiger partial charge >= 0.3 is 0 Å². The van der Waals surface area contributed by atoms with E-state index in [0.29, 0.717) is 0 Å². The van der Waals surface area contributed by atoms with Crippen molar-refractivity contribution >= 4 is 31.9 Å². The van der Waals surface area contributed by atoms with Crippen LogP contribution in [0.4, 0.5) is 0 Å². The van der Waals surface area contributed by atoms with Gasteiger partial charge in [0.15, 0.2) is 0 Å². The molecule has 0 fully saturated rings. The smallest absolute Gasteiger partial charge is 0.141 e. The topological polar surface area (TPSA) is 9.23 Å². The Labute approximate surface area is 105 Å². The quantitative estimate of drug-likeness (QED) is 0.770. The zero-order valence-corrected chi connectivity index (χ0v) is 10.9. The van der Waals surface area contributed by atoms with Crippen LogP contribution >= 0.6 is 31.9 Å². The second-order valence-corrected chi connectivity index (χ2v) is 4.69. The Bertz CT molecular complexity index is 454. The Morgan fingerprint density at radius 1 is 1.13 bits per heavy atom. The summed E-state index contributed by atoms with van der Waals surface area (Å²) >= 11 is 6.83. The van der Waals surface area contributed by atoms with Gasteiger partial charge < -0.3 is 4.74 Å². The van der Waals surface area contributed by atoms with Crippen LogP contribution in [0.2, 0.25) is 0 Å². The Kier molecular flexibility index (Phi) is 3.44. The minimum atomic E-state index is 0.778. The fourth-order valence-electron chi connectivity index (χ4n) is 1.13. The van der Waals surface area contributed by atoms with E-state index in [1.165, 1.54) is 0 Å². The predicted molar refractivity (Wildman–Crippen MR) is 67.2 cm³/mol. The molecule has 0 aliphatic rings. The monoisotopic (exact) mass is 325 g/mol. The first-order valence-electron chi connectivity index (χ1n) is 4.35. The highest BCUT2D eigenvalue weighted by Crippen LogP contribution is 2.31. The van der Waals surface area contributed by atoms with Crippen LogP contribution in [0.25, 0.3) is 0 Å². The molecule has 0 amide bonds. The van der Waals surface area contributed by atoms with E-state index in [4.69, 9.17) is 4.74 Å². The molecule has 0 saturated carbocycles. The lowest BCUT2D eigenvalue weighted by Crippen LogP contribution is -1.84. The summed E-state index contributed by atoms with van der Waals surface area (Å²) in [6.45, 7) is 0. The fraction of sp³-hybridized carbons (Fsp3) is 0. The molecule has 1 radical (unpaired) electrons. The van der Waals surface area contributed by atoms with Crippen molar-refractivity contribution in [3.05, 3.63) is 57.5 Å². The Morgan fingerprint density at radius 2 is 2.00 bits per heavy atom. The molecule has 2 aromatic carbocycles. The molecular weight excluding hydrogens is 320 g/mol. The average molecular weight is 327 g/mol. The van der Waals surface area contributed by atoms with Crippen molar-refractivity contribution in [2.45, 2.75) is 0 Å². The second kappa shape index (κ2) is 4.81. The molecule has 0 heterocycles. The van der Waals surface area contributed by atoms with Crippen molar-refractivity contribution in [2.75, 3.05) is 0 Å². The highest BCUT2D eigenvalue weighted by molar-refractivity contribution is 9.11. The highest BCUT2D eigenvalue weighted by Gasteiger charge is 2.02. The molecular formula is C12H7Br2O. The zero-order valence-electron chi connectivity index (χ0n) is 7.71. The van der Waals surface area contributed by atoms with E-state index < -0.39 is 0 Å². The lowest BCUT2D eigenvalue weighted by molar-refractivity contribution is 0.479. The number of halogens is 2. The molecule has 0 saturated heterocycles. The van der Waals surface area contributed by atoms with E-state index in [2.05, 4.69) is 37.9 Å². The third-order valence-electron chi connectivity index (χ3n) is 1.80. The van der Waals surface area contributed by atoms with Gasteiger partial charge in [-0.15, -0.1) is 0 Å². The van der Waals surface area contributed by atoms with Crippen molar-refractivity contribution in [1.82, 2.24) is 0 Å². The van der Waals surface area contributed by atoms with Gasteiger partial charge in [-0.05, 0) is 52.3 Å². The van der Waals surface area contributed by atoms with Crippen LogP contribution in [-0.2, 0) is 0 Å². The molecule has 1 nitrogen and oxygen atoms in total. The maximum atomic E-state index is 5.67. The molecule has 0 bridgehead atoms. The minimum absolute atomic E-state index is 0.778. The molecule has 0 unspecified atom stereocenters. The maximum absolute atomic E-state index is 5.67. The van der Waals surface area contributed by atoms with Gasteiger partial charge in [-0.3, -0.25) is 0 Å². The van der Waals surface area contributed by atoms with Crippen molar-refractivity contribution < 1.29 is 4.74 Å².